The number of aliphatic hydroxyl groups is 1. The van der Waals surface area contributed by atoms with Crippen LogP contribution in [0.15, 0.2) is 24.3 Å². The first kappa shape index (κ1) is 13.5. The van der Waals surface area contributed by atoms with Crippen LogP contribution in [0.1, 0.15) is 44.2 Å². The van der Waals surface area contributed by atoms with Crippen molar-refractivity contribution in [2.45, 2.75) is 38.6 Å². The molecule has 1 atom stereocenters. The van der Waals surface area contributed by atoms with Gasteiger partial charge in [0, 0.05) is 19.2 Å². The molecule has 0 saturated heterocycles. The Morgan fingerprint density at radius 1 is 1.33 bits per heavy atom. The van der Waals surface area contributed by atoms with Crippen molar-refractivity contribution < 1.29 is 9.50 Å². The van der Waals surface area contributed by atoms with E-state index in [9.17, 15) is 4.39 Å². The van der Waals surface area contributed by atoms with Crippen molar-refractivity contribution in [3.63, 3.8) is 0 Å². The first-order chi connectivity index (χ1) is 8.69. The van der Waals surface area contributed by atoms with Crippen LogP contribution in [0.5, 0.6) is 0 Å². The van der Waals surface area contributed by atoms with E-state index in [0.717, 1.165) is 24.9 Å². The van der Waals surface area contributed by atoms with Gasteiger partial charge < -0.3 is 10.4 Å². The minimum atomic E-state index is -0.187. The predicted molar refractivity (Wildman–Crippen MR) is 70.8 cm³/mol. The van der Waals surface area contributed by atoms with E-state index in [1.54, 1.807) is 0 Å². The normalized spacial score (nSPS) is 18.6. The lowest BCUT2D eigenvalue weighted by atomic mass is 10.00. The number of hydrogen-bond donors (Lipinski definition) is 2. The van der Waals surface area contributed by atoms with Gasteiger partial charge in [-0.05, 0) is 48.8 Å². The van der Waals surface area contributed by atoms with Gasteiger partial charge in [-0.15, -0.1) is 0 Å². The van der Waals surface area contributed by atoms with Gasteiger partial charge in [0.2, 0.25) is 0 Å². The Morgan fingerprint density at radius 2 is 2.00 bits per heavy atom. The molecule has 1 aliphatic rings. The maximum absolute atomic E-state index is 12.9. The summed E-state index contributed by atoms with van der Waals surface area (Å²) in [5, 5.41) is 12.6. The maximum atomic E-state index is 12.9. The number of rotatable bonds is 7. The summed E-state index contributed by atoms with van der Waals surface area (Å²) < 4.78 is 12.9. The summed E-state index contributed by atoms with van der Waals surface area (Å²) in [5.74, 6) is -0.187. The number of benzene rings is 1. The van der Waals surface area contributed by atoms with E-state index in [0.29, 0.717) is 5.41 Å². The third-order valence-electron chi connectivity index (χ3n) is 4.00. The number of aliphatic hydroxyl groups excluding tert-OH is 1. The van der Waals surface area contributed by atoms with Crippen molar-refractivity contribution >= 4 is 0 Å². The van der Waals surface area contributed by atoms with Crippen LogP contribution in [-0.4, -0.2) is 18.3 Å². The second kappa shape index (κ2) is 5.81. The molecule has 3 heteroatoms. The Bertz CT molecular complexity index is 373. The van der Waals surface area contributed by atoms with E-state index >= 15 is 0 Å². The van der Waals surface area contributed by atoms with E-state index in [2.05, 4.69) is 12.2 Å². The summed E-state index contributed by atoms with van der Waals surface area (Å²) >= 11 is 0. The highest BCUT2D eigenvalue weighted by molar-refractivity contribution is 5.20. The molecule has 18 heavy (non-hydrogen) atoms. The molecule has 2 rings (SSSR count). The van der Waals surface area contributed by atoms with Gasteiger partial charge in [-0.2, -0.15) is 0 Å². The van der Waals surface area contributed by atoms with Crippen LogP contribution < -0.4 is 5.32 Å². The SMILES string of the molecule is CCC(NCC1(CCO)CC1)c1ccc(F)cc1. The number of hydrogen-bond acceptors (Lipinski definition) is 2. The van der Waals surface area contributed by atoms with Gasteiger partial charge in [0.1, 0.15) is 5.82 Å². The van der Waals surface area contributed by atoms with Crippen molar-refractivity contribution in [2.75, 3.05) is 13.2 Å². The van der Waals surface area contributed by atoms with Gasteiger partial charge in [0.15, 0.2) is 0 Å². The zero-order valence-electron chi connectivity index (χ0n) is 11.0. The molecule has 0 amide bonds. The topological polar surface area (TPSA) is 32.3 Å². The third-order valence-corrected chi connectivity index (χ3v) is 4.00. The molecular formula is C15H22FNO. The van der Waals surface area contributed by atoms with Gasteiger partial charge in [0.05, 0.1) is 0 Å². The predicted octanol–water partition coefficient (Wildman–Crippen LogP) is 3.03. The molecule has 0 spiro atoms. The van der Waals surface area contributed by atoms with E-state index in [1.165, 1.54) is 25.0 Å². The molecule has 1 aromatic rings. The Morgan fingerprint density at radius 3 is 2.50 bits per heavy atom. The molecule has 0 aliphatic heterocycles. The first-order valence-electron chi connectivity index (χ1n) is 6.79. The molecular weight excluding hydrogens is 229 g/mol. The van der Waals surface area contributed by atoms with Crippen molar-refractivity contribution in [3.8, 4) is 0 Å². The molecule has 1 aromatic carbocycles. The smallest absolute Gasteiger partial charge is 0.123 e. The molecule has 1 unspecified atom stereocenters. The molecule has 0 bridgehead atoms. The number of halogens is 1. The minimum absolute atomic E-state index is 0.187. The highest BCUT2D eigenvalue weighted by atomic mass is 19.1. The Labute approximate surface area is 108 Å². The van der Waals surface area contributed by atoms with Crippen LogP contribution in [0.2, 0.25) is 0 Å². The second-order valence-corrected chi connectivity index (χ2v) is 5.37. The lowest BCUT2D eigenvalue weighted by Crippen LogP contribution is -2.28. The highest BCUT2D eigenvalue weighted by Gasteiger charge is 2.41. The zero-order chi connectivity index (χ0) is 13.0. The first-order valence-corrected chi connectivity index (χ1v) is 6.79. The fourth-order valence-corrected chi connectivity index (χ4v) is 2.46. The molecule has 1 aliphatic carbocycles. The summed E-state index contributed by atoms with van der Waals surface area (Å²) in [7, 11) is 0. The fourth-order valence-electron chi connectivity index (χ4n) is 2.46. The molecule has 1 fully saturated rings. The monoisotopic (exact) mass is 251 g/mol. The lowest BCUT2D eigenvalue weighted by molar-refractivity contribution is 0.241. The third kappa shape index (κ3) is 3.30. The van der Waals surface area contributed by atoms with Crippen LogP contribution in [0.3, 0.4) is 0 Å². The molecule has 100 valence electrons. The Kier molecular flexibility index (Phi) is 4.36. The van der Waals surface area contributed by atoms with Crippen molar-refractivity contribution in [2.24, 2.45) is 5.41 Å². The van der Waals surface area contributed by atoms with Crippen LogP contribution in [-0.2, 0) is 0 Å². The Balaban J connectivity index is 1.91. The molecule has 2 nitrogen and oxygen atoms in total. The van der Waals surface area contributed by atoms with E-state index in [4.69, 9.17) is 5.11 Å². The van der Waals surface area contributed by atoms with Gasteiger partial charge in [0.25, 0.3) is 0 Å². The van der Waals surface area contributed by atoms with E-state index < -0.39 is 0 Å². The van der Waals surface area contributed by atoms with Gasteiger partial charge in [-0.1, -0.05) is 19.1 Å². The summed E-state index contributed by atoms with van der Waals surface area (Å²) in [6, 6.07) is 7.01. The average molecular weight is 251 g/mol. The maximum Gasteiger partial charge on any atom is 0.123 e. The van der Waals surface area contributed by atoms with Crippen molar-refractivity contribution in [1.29, 1.82) is 0 Å². The van der Waals surface area contributed by atoms with Gasteiger partial charge in [-0.25, -0.2) is 4.39 Å². The zero-order valence-corrected chi connectivity index (χ0v) is 11.0. The summed E-state index contributed by atoms with van der Waals surface area (Å²) in [6.45, 7) is 3.35. The van der Waals surface area contributed by atoms with E-state index in [1.807, 2.05) is 12.1 Å². The minimum Gasteiger partial charge on any atom is -0.396 e. The average Bonchev–Trinajstić information content (AvgIpc) is 3.13. The molecule has 0 aromatic heterocycles. The van der Waals surface area contributed by atoms with Gasteiger partial charge >= 0.3 is 0 Å². The lowest BCUT2D eigenvalue weighted by Gasteiger charge is -2.22. The van der Waals surface area contributed by atoms with E-state index in [-0.39, 0.29) is 18.5 Å². The number of nitrogens with one attached hydrogen (secondary N) is 1. The molecule has 1 saturated carbocycles. The van der Waals surface area contributed by atoms with Crippen LogP contribution in [0.25, 0.3) is 0 Å². The van der Waals surface area contributed by atoms with Crippen LogP contribution in [0, 0.1) is 11.2 Å². The summed E-state index contributed by atoms with van der Waals surface area (Å²) in [4.78, 5) is 0. The quantitative estimate of drug-likeness (QED) is 0.780. The summed E-state index contributed by atoms with van der Waals surface area (Å²) in [5.41, 5.74) is 1.46. The largest absolute Gasteiger partial charge is 0.396 e. The van der Waals surface area contributed by atoms with Crippen molar-refractivity contribution in [1.82, 2.24) is 5.32 Å². The van der Waals surface area contributed by atoms with Crippen molar-refractivity contribution in [3.05, 3.63) is 35.6 Å². The highest BCUT2D eigenvalue weighted by Crippen LogP contribution is 2.48. The van der Waals surface area contributed by atoms with Crippen LogP contribution in [0.4, 0.5) is 4.39 Å². The fraction of sp³-hybridized carbons (Fsp3) is 0.600. The molecule has 0 heterocycles. The molecule has 2 N–H and O–H groups in total. The second-order valence-electron chi connectivity index (χ2n) is 5.37. The Hall–Kier alpha value is -0.930. The summed E-state index contributed by atoms with van der Waals surface area (Å²) in [6.07, 6.45) is 4.29. The molecule has 0 radical (unpaired) electrons. The van der Waals surface area contributed by atoms with Crippen LogP contribution >= 0.6 is 0 Å². The van der Waals surface area contributed by atoms with Gasteiger partial charge in [-0.3, -0.25) is 0 Å². The standard InChI is InChI=1S/C15H22FNO/c1-2-14(12-3-5-13(16)6-4-12)17-11-15(7-8-15)9-10-18/h3-6,14,17-18H,2,7-11H2,1H3.